The number of anilines is 1. The second-order valence-corrected chi connectivity index (χ2v) is 7.35. The maximum absolute atomic E-state index is 14.0. The zero-order chi connectivity index (χ0) is 19.1. The maximum atomic E-state index is 14.0. The largest absolute Gasteiger partial charge is 0.396 e. The lowest BCUT2D eigenvalue weighted by molar-refractivity contribution is -0.0106. The number of aliphatic hydroxyl groups excluding tert-OH is 1. The van der Waals surface area contributed by atoms with Crippen LogP contribution in [0.4, 0.5) is 10.2 Å². The standard InChI is InChI=1S/C19H30FN5O2.HI/c1-2-21-18(23-13-19(14-26)6-10-27-11-7-19)24-15-5-9-25(12-15)17-16(20)4-3-8-22-17;/h3-4,8,15,26H,2,5-7,9-14H2,1H3,(H2,21,23,24);1H. The number of aromatic nitrogens is 1. The van der Waals surface area contributed by atoms with Crippen LogP contribution in [0.1, 0.15) is 26.2 Å². The summed E-state index contributed by atoms with van der Waals surface area (Å²) in [4.78, 5) is 10.9. The van der Waals surface area contributed by atoms with Crippen LogP contribution in [0, 0.1) is 11.2 Å². The van der Waals surface area contributed by atoms with Gasteiger partial charge >= 0.3 is 0 Å². The van der Waals surface area contributed by atoms with Crippen molar-refractivity contribution in [3.05, 3.63) is 24.1 Å². The van der Waals surface area contributed by atoms with Crippen LogP contribution < -0.4 is 15.5 Å². The van der Waals surface area contributed by atoms with Crippen molar-refractivity contribution in [3.8, 4) is 0 Å². The Bertz CT molecular complexity index is 643. The summed E-state index contributed by atoms with van der Waals surface area (Å²) in [6.45, 7) is 6.24. The molecule has 7 nitrogen and oxygen atoms in total. The second-order valence-electron chi connectivity index (χ2n) is 7.35. The Morgan fingerprint density at radius 1 is 1.46 bits per heavy atom. The summed E-state index contributed by atoms with van der Waals surface area (Å²) < 4.78 is 19.4. The molecule has 0 aromatic carbocycles. The molecule has 1 atom stereocenters. The van der Waals surface area contributed by atoms with Crippen molar-refractivity contribution in [1.29, 1.82) is 0 Å². The molecule has 9 heteroatoms. The summed E-state index contributed by atoms with van der Waals surface area (Å²) in [5.74, 6) is 0.860. The Labute approximate surface area is 183 Å². The van der Waals surface area contributed by atoms with E-state index >= 15 is 0 Å². The first-order valence-corrected chi connectivity index (χ1v) is 9.75. The van der Waals surface area contributed by atoms with Gasteiger partial charge in [-0.2, -0.15) is 0 Å². The van der Waals surface area contributed by atoms with Gasteiger partial charge in [-0.15, -0.1) is 24.0 Å². The van der Waals surface area contributed by atoms with Crippen LogP contribution >= 0.6 is 24.0 Å². The molecule has 3 rings (SSSR count). The number of ether oxygens (including phenoxy) is 1. The predicted molar refractivity (Wildman–Crippen MR) is 119 cm³/mol. The number of hydrogen-bond donors (Lipinski definition) is 3. The van der Waals surface area contributed by atoms with Crippen LogP contribution in [0.2, 0.25) is 0 Å². The fourth-order valence-electron chi connectivity index (χ4n) is 3.61. The van der Waals surface area contributed by atoms with E-state index in [0.29, 0.717) is 32.1 Å². The van der Waals surface area contributed by atoms with Gasteiger partial charge in [0.15, 0.2) is 17.6 Å². The molecule has 28 heavy (non-hydrogen) atoms. The maximum Gasteiger partial charge on any atom is 0.191 e. The number of halogens is 2. The van der Waals surface area contributed by atoms with E-state index in [2.05, 4.69) is 15.6 Å². The lowest BCUT2D eigenvalue weighted by Crippen LogP contribution is -2.46. The molecule has 2 aliphatic rings. The summed E-state index contributed by atoms with van der Waals surface area (Å²) in [7, 11) is 0. The molecule has 1 aromatic rings. The highest BCUT2D eigenvalue weighted by Crippen LogP contribution is 2.30. The molecule has 158 valence electrons. The van der Waals surface area contributed by atoms with Gasteiger partial charge in [0.1, 0.15) is 0 Å². The normalized spacial score (nSPS) is 21.9. The van der Waals surface area contributed by atoms with Crippen molar-refractivity contribution >= 4 is 35.8 Å². The minimum Gasteiger partial charge on any atom is -0.396 e. The first-order chi connectivity index (χ1) is 13.2. The zero-order valence-electron chi connectivity index (χ0n) is 16.4. The van der Waals surface area contributed by atoms with E-state index in [1.165, 1.54) is 6.07 Å². The number of hydrogen-bond acceptors (Lipinski definition) is 5. The second kappa shape index (κ2) is 11.1. The van der Waals surface area contributed by atoms with Crippen molar-refractivity contribution in [2.24, 2.45) is 10.4 Å². The monoisotopic (exact) mass is 507 g/mol. The molecule has 3 heterocycles. The van der Waals surface area contributed by atoms with E-state index in [4.69, 9.17) is 9.73 Å². The molecule has 0 spiro atoms. The highest BCUT2D eigenvalue weighted by atomic mass is 127. The van der Waals surface area contributed by atoms with E-state index in [1.807, 2.05) is 11.8 Å². The molecule has 3 N–H and O–H groups in total. The van der Waals surface area contributed by atoms with Crippen LogP contribution in [0.3, 0.4) is 0 Å². The van der Waals surface area contributed by atoms with Gasteiger partial charge < -0.3 is 25.4 Å². The molecule has 0 aliphatic carbocycles. The van der Waals surface area contributed by atoms with Crippen LogP contribution in [-0.4, -0.2) is 68.1 Å². The number of rotatable bonds is 6. The van der Waals surface area contributed by atoms with Gasteiger partial charge in [-0.05, 0) is 38.3 Å². The van der Waals surface area contributed by atoms with Gasteiger partial charge in [-0.3, -0.25) is 4.99 Å². The topological polar surface area (TPSA) is 82.0 Å². The van der Waals surface area contributed by atoms with Crippen LogP contribution in [-0.2, 0) is 4.74 Å². The van der Waals surface area contributed by atoms with Crippen molar-refractivity contribution in [2.45, 2.75) is 32.2 Å². The summed E-state index contributed by atoms with van der Waals surface area (Å²) in [6, 6.07) is 3.22. The molecular weight excluding hydrogens is 476 g/mol. The number of nitrogens with zero attached hydrogens (tertiary/aromatic N) is 3. The van der Waals surface area contributed by atoms with Crippen molar-refractivity contribution < 1.29 is 14.2 Å². The molecule has 1 unspecified atom stereocenters. The van der Waals surface area contributed by atoms with Gasteiger partial charge in [-0.25, -0.2) is 9.37 Å². The van der Waals surface area contributed by atoms with E-state index < -0.39 is 0 Å². The molecule has 1 aromatic heterocycles. The fraction of sp³-hybridized carbons (Fsp3) is 0.684. The quantitative estimate of drug-likeness (QED) is 0.310. The minimum absolute atomic E-state index is 0. The molecule has 0 radical (unpaired) electrons. The predicted octanol–water partition coefficient (Wildman–Crippen LogP) is 1.76. The van der Waals surface area contributed by atoms with E-state index in [1.54, 1.807) is 12.3 Å². The van der Waals surface area contributed by atoms with Gasteiger partial charge in [0.25, 0.3) is 0 Å². The number of aliphatic imine (C=N–C) groups is 1. The lowest BCUT2D eigenvalue weighted by atomic mass is 9.81. The van der Waals surface area contributed by atoms with Crippen molar-refractivity contribution in [1.82, 2.24) is 15.6 Å². The number of nitrogens with one attached hydrogen (secondary N) is 2. The van der Waals surface area contributed by atoms with E-state index in [0.717, 1.165) is 38.3 Å². The third-order valence-electron chi connectivity index (χ3n) is 5.37. The Balaban J connectivity index is 0.00000280. The Morgan fingerprint density at radius 3 is 2.93 bits per heavy atom. The Morgan fingerprint density at radius 2 is 2.25 bits per heavy atom. The molecule has 2 aliphatic heterocycles. The van der Waals surface area contributed by atoms with Gasteiger partial charge in [0.05, 0.1) is 13.2 Å². The van der Waals surface area contributed by atoms with E-state index in [9.17, 15) is 9.50 Å². The number of pyridine rings is 1. The van der Waals surface area contributed by atoms with Crippen LogP contribution in [0.5, 0.6) is 0 Å². The molecular formula is C19H31FIN5O2. The van der Waals surface area contributed by atoms with Crippen molar-refractivity contribution in [2.75, 3.05) is 50.9 Å². The Kier molecular flexibility index (Phi) is 9.16. The van der Waals surface area contributed by atoms with Crippen LogP contribution in [0.15, 0.2) is 23.3 Å². The average molecular weight is 507 g/mol. The van der Waals surface area contributed by atoms with Gasteiger partial charge in [0.2, 0.25) is 0 Å². The minimum atomic E-state index is -0.289. The molecule has 2 fully saturated rings. The number of guanidine groups is 1. The zero-order valence-corrected chi connectivity index (χ0v) is 18.7. The smallest absolute Gasteiger partial charge is 0.191 e. The Hall–Kier alpha value is -1.20. The first kappa shape index (κ1) is 23.1. The highest BCUT2D eigenvalue weighted by molar-refractivity contribution is 14.0. The molecule has 2 saturated heterocycles. The molecule has 0 amide bonds. The molecule has 0 bridgehead atoms. The van der Waals surface area contributed by atoms with Gasteiger partial charge in [0, 0.05) is 50.5 Å². The summed E-state index contributed by atoms with van der Waals surface area (Å²) in [5, 5.41) is 16.6. The lowest BCUT2D eigenvalue weighted by Gasteiger charge is -2.34. The van der Waals surface area contributed by atoms with Crippen LogP contribution in [0.25, 0.3) is 0 Å². The SMILES string of the molecule is CCNC(=NCC1(CO)CCOCC1)NC1CCN(c2ncccc2F)C1.I. The van der Waals surface area contributed by atoms with Crippen molar-refractivity contribution in [3.63, 3.8) is 0 Å². The fourth-order valence-corrected chi connectivity index (χ4v) is 3.61. The molecule has 0 saturated carbocycles. The summed E-state index contributed by atoms with van der Waals surface area (Å²) in [5.41, 5.74) is -0.195. The third kappa shape index (κ3) is 5.90. The van der Waals surface area contributed by atoms with E-state index in [-0.39, 0.29) is 47.9 Å². The summed E-state index contributed by atoms with van der Waals surface area (Å²) >= 11 is 0. The summed E-state index contributed by atoms with van der Waals surface area (Å²) in [6.07, 6.45) is 4.15. The first-order valence-electron chi connectivity index (χ1n) is 9.75. The number of aliphatic hydroxyl groups is 1. The third-order valence-corrected chi connectivity index (χ3v) is 5.37. The highest BCUT2D eigenvalue weighted by Gasteiger charge is 2.32. The van der Waals surface area contributed by atoms with Gasteiger partial charge in [-0.1, -0.05) is 0 Å². The average Bonchev–Trinajstić information content (AvgIpc) is 3.16.